The summed E-state index contributed by atoms with van der Waals surface area (Å²) in [6, 6.07) is 0. The summed E-state index contributed by atoms with van der Waals surface area (Å²) < 4.78 is 0. The van der Waals surface area contributed by atoms with E-state index in [0.29, 0.717) is 13.0 Å². The van der Waals surface area contributed by atoms with Crippen LogP contribution < -0.4 is 11.1 Å². The van der Waals surface area contributed by atoms with Crippen LogP contribution in [-0.4, -0.2) is 44.0 Å². The molecule has 1 saturated carbocycles. The molecule has 4 nitrogen and oxygen atoms in total. The quantitative estimate of drug-likeness (QED) is 0.712. The molecule has 0 aromatic rings. The Bertz CT molecular complexity index is 276. The van der Waals surface area contributed by atoms with Crippen molar-refractivity contribution in [2.45, 2.75) is 32.1 Å². The Balaban J connectivity index is 1.58. The summed E-state index contributed by atoms with van der Waals surface area (Å²) in [5, 5.41) is 3.04. The minimum Gasteiger partial charge on any atom is -0.355 e. The maximum Gasteiger partial charge on any atom is 0.220 e. The predicted octanol–water partition coefficient (Wildman–Crippen LogP) is 0.573. The van der Waals surface area contributed by atoms with Crippen molar-refractivity contribution in [3.8, 4) is 0 Å². The summed E-state index contributed by atoms with van der Waals surface area (Å²) in [6.45, 7) is 3.83. The molecule has 0 radical (unpaired) electrons. The van der Waals surface area contributed by atoms with Crippen molar-refractivity contribution in [2.24, 2.45) is 17.1 Å². The zero-order chi connectivity index (χ0) is 12.3. The van der Waals surface area contributed by atoms with Gasteiger partial charge in [0, 0.05) is 19.5 Å². The van der Waals surface area contributed by atoms with Crippen LogP contribution in [0.25, 0.3) is 0 Å². The van der Waals surface area contributed by atoms with Gasteiger partial charge in [-0.2, -0.15) is 0 Å². The monoisotopic (exact) mass is 239 g/mol. The number of carbonyl (C=O) groups excluding carboxylic acids is 1. The van der Waals surface area contributed by atoms with Crippen molar-refractivity contribution in [1.29, 1.82) is 0 Å². The molecule has 2 fully saturated rings. The van der Waals surface area contributed by atoms with Crippen LogP contribution in [0.1, 0.15) is 32.1 Å². The van der Waals surface area contributed by atoms with Gasteiger partial charge in [-0.05, 0) is 57.2 Å². The minimum absolute atomic E-state index is 0.208. The summed E-state index contributed by atoms with van der Waals surface area (Å²) in [5.74, 6) is 0.925. The van der Waals surface area contributed by atoms with Gasteiger partial charge in [-0.25, -0.2) is 0 Å². The Labute approximate surface area is 104 Å². The van der Waals surface area contributed by atoms with Gasteiger partial charge in [0.05, 0.1) is 0 Å². The maximum atomic E-state index is 11.7. The van der Waals surface area contributed by atoms with Gasteiger partial charge < -0.3 is 16.0 Å². The lowest BCUT2D eigenvalue weighted by atomic mass is 10.0. The second-order valence-corrected chi connectivity index (χ2v) is 5.94. The molecule has 1 heterocycles. The summed E-state index contributed by atoms with van der Waals surface area (Å²) in [7, 11) is 2.15. The Morgan fingerprint density at radius 3 is 2.82 bits per heavy atom. The van der Waals surface area contributed by atoms with Gasteiger partial charge in [0.25, 0.3) is 0 Å². The highest BCUT2D eigenvalue weighted by Crippen LogP contribution is 2.43. The van der Waals surface area contributed by atoms with Gasteiger partial charge in [-0.3, -0.25) is 4.79 Å². The number of amides is 1. The largest absolute Gasteiger partial charge is 0.355 e. The Morgan fingerprint density at radius 2 is 2.29 bits per heavy atom. The lowest BCUT2D eigenvalue weighted by Crippen LogP contribution is -2.34. The van der Waals surface area contributed by atoms with Crippen molar-refractivity contribution in [1.82, 2.24) is 10.2 Å². The highest BCUT2D eigenvalue weighted by molar-refractivity contribution is 5.75. The molecule has 1 aliphatic heterocycles. The van der Waals surface area contributed by atoms with Crippen molar-refractivity contribution in [2.75, 3.05) is 33.2 Å². The smallest absolute Gasteiger partial charge is 0.220 e. The first-order valence-electron chi connectivity index (χ1n) is 6.79. The van der Waals surface area contributed by atoms with Crippen LogP contribution in [0.4, 0.5) is 0 Å². The Kier molecular flexibility index (Phi) is 4.05. The number of carbonyl (C=O) groups is 1. The molecule has 0 spiro atoms. The SMILES string of the molecule is CN1CCC(CCC(=O)NCC2(CN)CC2)C1. The highest BCUT2D eigenvalue weighted by Gasteiger charge is 2.41. The molecule has 1 saturated heterocycles. The van der Waals surface area contributed by atoms with E-state index in [0.717, 1.165) is 25.4 Å². The van der Waals surface area contributed by atoms with Gasteiger partial charge in [-0.15, -0.1) is 0 Å². The molecule has 2 aliphatic rings. The molecule has 0 bridgehead atoms. The maximum absolute atomic E-state index is 11.7. The average molecular weight is 239 g/mol. The Hall–Kier alpha value is -0.610. The highest BCUT2D eigenvalue weighted by atomic mass is 16.1. The fourth-order valence-corrected chi connectivity index (χ4v) is 2.60. The molecule has 0 aromatic heterocycles. The molecule has 1 unspecified atom stereocenters. The van der Waals surface area contributed by atoms with E-state index < -0.39 is 0 Å². The zero-order valence-electron chi connectivity index (χ0n) is 10.9. The summed E-state index contributed by atoms with van der Waals surface area (Å²) in [4.78, 5) is 14.0. The van der Waals surface area contributed by atoms with E-state index in [4.69, 9.17) is 5.73 Å². The third-order valence-corrected chi connectivity index (χ3v) is 4.32. The normalized spacial score (nSPS) is 27.1. The van der Waals surface area contributed by atoms with Crippen molar-refractivity contribution >= 4 is 5.91 Å². The molecular weight excluding hydrogens is 214 g/mol. The first-order chi connectivity index (χ1) is 8.13. The number of hydrogen-bond acceptors (Lipinski definition) is 3. The third kappa shape index (κ3) is 3.68. The molecule has 3 N–H and O–H groups in total. The zero-order valence-corrected chi connectivity index (χ0v) is 10.9. The van der Waals surface area contributed by atoms with Gasteiger partial charge in [0.1, 0.15) is 0 Å². The van der Waals surface area contributed by atoms with Crippen LogP contribution in [-0.2, 0) is 4.79 Å². The second-order valence-electron chi connectivity index (χ2n) is 5.94. The number of nitrogens with zero attached hydrogens (tertiary/aromatic N) is 1. The third-order valence-electron chi connectivity index (χ3n) is 4.32. The number of nitrogens with one attached hydrogen (secondary N) is 1. The molecule has 2 rings (SSSR count). The second kappa shape index (κ2) is 5.36. The fraction of sp³-hybridized carbons (Fsp3) is 0.923. The van der Waals surface area contributed by atoms with Crippen molar-refractivity contribution in [3.63, 3.8) is 0 Å². The summed E-state index contributed by atoms with van der Waals surface area (Å²) in [6.07, 6.45) is 5.32. The van der Waals surface area contributed by atoms with E-state index in [1.54, 1.807) is 0 Å². The van der Waals surface area contributed by atoms with Gasteiger partial charge in [-0.1, -0.05) is 0 Å². The lowest BCUT2D eigenvalue weighted by Gasteiger charge is -2.14. The van der Waals surface area contributed by atoms with Gasteiger partial charge >= 0.3 is 0 Å². The molecule has 4 heteroatoms. The molecule has 1 aliphatic carbocycles. The predicted molar refractivity (Wildman–Crippen MR) is 68.6 cm³/mol. The molecule has 0 aromatic carbocycles. The van der Waals surface area contributed by atoms with Crippen LogP contribution in [0.15, 0.2) is 0 Å². The topological polar surface area (TPSA) is 58.4 Å². The van der Waals surface area contributed by atoms with E-state index in [1.165, 1.54) is 25.8 Å². The molecule has 98 valence electrons. The molecule has 17 heavy (non-hydrogen) atoms. The fourth-order valence-electron chi connectivity index (χ4n) is 2.60. The van der Waals surface area contributed by atoms with Crippen LogP contribution >= 0.6 is 0 Å². The number of hydrogen-bond donors (Lipinski definition) is 2. The lowest BCUT2D eigenvalue weighted by molar-refractivity contribution is -0.121. The molecular formula is C13H25N3O. The average Bonchev–Trinajstić information content (AvgIpc) is 3.00. The standard InChI is InChI=1S/C13H25N3O/c1-16-7-4-11(8-16)2-3-12(17)15-10-13(9-14)5-6-13/h11H,2-10,14H2,1H3,(H,15,17). The van der Waals surface area contributed by atoms with Crippen LogP contribution in [0, 0.1) is 11.3 Å². The van der Waals surface area contributed by atoms with Crippen molar-refractivity contribution < 1.29 is 4.79 Å². The van der Waals surface area contributed by atoms with E-state index in [2.05, 4.69) is 17.3 Å². The summed E-state index contributed by atoms with van der Waals surface area (Å²) in [5.41, 5.74) is 5.94. The minimum atomic E-state index is 0.208. The first-order valence-corrected chi connectivity index (χ1v) is 6.79. The number of likely N-dealkylation sites (tertiary alicyclic amines) is 1. The van der Waals surface area contributed by atoms with Crippen LogP contribution in [0.2, 0.25) is 0 Å². The molecule has 1 atom stereocenters. The van der Waals surface area contributed by atoms with E-state index in [9.17, 15) is 4.79 Å². The van der Waals surface area contributed by atoms with Crippen LogP contribution in [0.5, 0.6) is 0 Å². The van der Waals surface area contributed by atoms with Gasteiger partial charge in [0.2, 0.25) is 5.91 Å². The first kappa shape index (κ1) is 12.8. The van der Waals surface area contributed by atoms with E-state index >= 15 is 0 Å². The summed E-state index contributed by atoms with van der Waals surface area (Å²) >= 11 is 0. The molecule has 1 amide bonds. The Morgan fingerprint density at radius 1 is 1.53 bits per heavy atom. The number of rotatable bonds is 6. The number of nitrogens with two attached hydrogens (primary N) is 1. The van der Waals surface area contributed by atoms with Crippen molar-refractivity contribution in [3.05, 3.63) is 0 Å². The van der Waals surface area contributed by atoms with Gasteiger partial charge in [0.15, 0.2) is 0 Å². The van der Waals surface area contributed by atoms with Crippen LogP contribution in [0.3, 0.4) is 0 Å². The van der Waals surface area contributed by atoms with E-state index in [1.807, 2.05) is 0 Å². The van der Waals surface area contributed by atoms with E-state index in [-0.39, 0.29) is 11.3 Å².